The molecular formula is C36H30N2O2. The predicted octanol–water partition coefficient (Wildman–Crippen LogP) is 8.15. The zero-order valence-electron chi connectivity index (χ0n) is 22.6. The van der Waals surface area contributed by atoms with Crippen LogP contribution >= 0.6 is 0 Å². The van der Waals surface area contributed by atoms with E-state index in [1.54, 1.807) is 6.92 Å². The predicted molar refractivity (Wildman–Crippen MR) is 162 cm³/mol. The molecule has 4 heteroatoms. The lowest BCUT2D eigenvalue weighted by atomic mass is 9.66. The Balaban J connectivity index is 1.64. The first-order chi connectivity index (χ1) is 19.5. The lowest BCUT2D eigenvalue weighted by molar-refractivity contribution is -0.110. The molecule has 4 aromatic carbocycles. The fourth-order valence-corrected chi connectivity index (χ4v) is 5.97. The number of nitrogens with one attached hydrogen (secondary N) is 1. The van der Waals surface area contributed by atoms with E-state index in [4.69, 9.17) is 0 Å². The van der Waals surface area contributed by atoms with E-state index in [1.807, 2.05) is 24.3 Å². The second-order valence-corrected chi connectivity index (χ2v) is 10.4. The van der Waals surface area contributed by atoms with Crippen molar-refractivity contribution in [1.82, 2.24) is 0 Å². The van der Waals surface area contributed by atoms with Crippen LogP contribution in [0.3, 0.4) is 0 Å². The molecule has 196 valence electrons. The van der Waals surface area contributed by atoms with Crippen molar-refractivity contribution >= 4 is 28.4 Å². The fourth-order valence-electron chi connectivity index (χ4n) is 5.97. The number of ketones is 1. The number of rotatable bonds is 6. The molecule has 4 nitrogen and oxygen atoms in total. The average Bonchev–Trinajstić information content (AvgIpc) is 3.10. The van der Waals surface area contributed by atoms with Gasteiger partial charge in [-0.1, -0.05) is 102 Å². The number of anilines is 2. The monoisotopic (exact) mass is 522 g/mol. The molecule has 0 amide bonds. The molecule has 0 atom stereocenters. The van der Waals surface area contributed by atoms with Gasteiger partial charge in [0.25, 0.3) is 0 Å². The van der Waals surface area contributed by atoms with Gasteiger partial charge >= 0.3 is 0 Å². The molecule has 0 aromatic heterocycles. The summed E-state index contributed by atoms with van der Waals surface area (Å²) in [6.45, 7) is 3.63. The number of nitrogens with zero attached hydrogens (tertiary/aromatic N) is 1. The van der Waals surface area contributed by atoms with E-state index in [1.165, 1.54) is 5.56 Å². The summed E-state index contributed by atoms with van der Waals surface area (Å²) in [5.74, 6) is -0.256. The molecule has 6 rings (SSSR count). The molecule has 0 spiro atoms. The molecular weight excluding hydrogens is 492 g/mol. The van der Waals surface area contributed by atoms with Crippen molar-refractivity contribution in [3.05, 3.63) is 160 Å². The van der Waals surface area contributed by atoms with Crippen LogP contribution in [0.2, 0.25) is 0 Å². The number of hydrogen-bond acceptors (Lipinski definition) is 4. The number of fused-ring (bicyclic) bond motifs is 2. The first kappa shape index (κ1) is 25.3. The average molecular weight is 523 g/mol. The Bertz CT molecular complexity index is 1670. The molecule has 2 aliphatic rings. The van der Waals surface area contributed by atoms with Gasteiger partial charge < -0.3 is 10.5 Å². The highest BCUT2D eigenvalue weighted by Gasteiger charge is 2.47. The van der Waals surface area contributed by atoms with Gasteiger partial charge in [-0.25, -0.2) is 0 Å². The highest BCUT2D eigenvalue weighted by atomic mass is 16.4. The lowest BCUT2D eigenvalue weighted by Gasteiger charge is -2.35. The van der Waals surface area contributed by atoms with E-state index in [0.717, 1.165) is 44.8 Å². The number of Topliss-reactive ketones (excluding diaryl/α,β-unsaturated/α-hetero) is 1. The number of oxime groups is 1. The zero-order valence-corrected chi connectivity index (χ0v) is 22.6. The van der Waals surface area contributed by atoms with Crippen LogP contribution in [-0.4, -0.2) is 16.7 Å². The third kappa shape index (κ3) is 4.18. The second kappa shape index (κ2) is 10.3. The van der Waals surface area contributed by atoms with Crippen molar-refractivity contribution in [3.63, 3.8) is 0 Å². The van der Waals surface area contributed by atoms with Crippen LogP contribution in [0.1, 0.15) is 41.2 Å². The summed E-state index contributed by atoms with van der Waals surface area (Å²) < 4.78 is 0. The largest absolute Gasteiger partial charge is 0.411 e. The first-order valence-electron chi connectivity index (χ1n) is 13.5. The summed E-state index contributed by atoms with van der Waals surface area (Å²) in [6, 6.07) is 35.9. The fraction of sp³-hybridized carbons (Fsp3) is 0.111. The third-order valence-corrected chi connectivity index (χ3v) is 7.87. The van der Waals surface area contributed by atoms with Gasteiger partial charge in [-0.05, 0) is 84.0 Å². The summed E-state index contributed by atoms with van der Waals surface area (Å²) in [7, 11) is 0. The number of carbonyl (C=O) groups is 1. The van der Waals surface area contributed by atoms with Crippen LogP contribution in [0.4, 0.5) is 11.4 Å². The summed E-state index contributed by atoms with van der Waals surface area (Å²) in [5, 5.41) is 16.2. The van der Waals surface area contributed by atoms with Crippen molar-refractivity contribution in [2.45, 2.75) is 25.7 Å². The SMILES string of the molecule is C/C(=N\O)C(=O)C1=CC2=C(C=CC1)c1ccc(Nc3ccc(C)cc3)cc1C2(c1ccccc1)c1ccccc1. The Morgan fingerprint density at radius 3 is 2.10 bits per heavy atom. The van der Waals surface area contributed by atoms with Crippen LogP contribution in [0.25, 0.3) is 5.57 Å². The first-order valence-corrected chi connectivity index (χ1v) is 13.5. The van der Waals surface area contributed by atoms with Crippen molar-refractivity contribution in [3.8, 4) is 0 Å². The summed E-state index contributed by atoms with van der Waals surface area (Å²) >= 11 is 0. The number of allylic oxidation sites excluding steroid dienone is 6. The van der Waals surface area contributed by atoms with Gasteiger partial charge in [0, 0.05) is 16.9 Å². The van der Waals surface area contributed by atoms with E-state index >= 15 is 0 Å². The van der Waals surface area contributed by atoms with Crippen LogP contribution in [0, 0.1) is 6.92 Å². The van der Waals surface area contributed by atoms with Gasteiger partial charge in [0.05, 0.1) is 5.41 Å². The lowest BCUT2D eigenvalue weighted by Crippen LogP contribution is -2.30. The Hall–Kier alpha value is -4.96. The van der Waals surface area contributed by atoms with Gasteiger partial charge in [0.15, 0.2) is 0 Å². The van der Waals surface area contributed by atoms with Crippen LogP contribution < -0.4 is 5.32 Å². The highest BCUT2D eigenvalue weighted by molar-refractivity contribution is 6.45. The summed E-state index contributed by atoms with van der Waals surface area (Å²) in [6.07, 6.45) is 6.66. The summed E-state index contributed by atoms with van der Waals surface area (Å²) in [5.41, 5.74) is 9.87. The topological polar surface area (TPSA) is 61.7 Å². The maximum absolute atomic E-state index is 13.3. The molecule has 4 aromatic rings. The molecule has 0 aliphatic heterocycles. The molecule has 40 heavy (non-hydrogen) atoms. The molecule has 0 unspecified atom stereocenters. The number of hydrogen-bond donors (Lipinski definition) is 2. The van der Waals surface area contributed by atoms with Gasteiger partial charge in [0.1, 0.15) is 5.71 Å². The second-order valence-electron chi connectivity index (χ2n) is 10.4. The minimum atomic E-state index is -0.664. The molecule has 0 radical (unpaired) electrons. The van der Waals surface area contributed by atoms with Gasteiger partial charge in [-0.2, -0.15) is 0 Å². The number of carbonyl (C=O) groups excluding carboxylic acids is 1. The minimum Gasteiger partial charge on any atom is -0.411 e. The van der Waals surface area contributed by atoms with Gasteiger partial charge in [-0.15, -0.1) is 0 Å². The smallest absolute Gasteiger partial charge is 0.206 e. The van der Waals surface area contributed by atoms with Crippen molar-refractivity contribution in [2.75, 3.05) is 5.32 Å². The van der Waals surface area contributed by atoms with Crippen molar-refractivity contribution in [2.24, 2.45) is 5.16 Å². The van der Waals surface area contributed by atoms with E-state index in [0.29, 0.717) is 12.0 Å². The highest BCUT2D eigenvalue weighted by Crippen LogP contribution is 2.56. The Morgan fingerprint density at radius 1 is 0.850 bits per heavy atom. The molecule has 0 heterocycles. The van der Waals surface area contributed by atoms with Crippen LogP contribution in [-0.2, 0) is 10.2 Å². The quantitative estimate of drug-likeness (QED) is 0.153. The Morgan fingerprint density at radius 2 is 1.48 bits per heavy atom. The van der Waals surface area contributed by atoms with Crippen molar-refractivity contribution in [1.29, 1.82) is 0 Å². The molecule has 0 fully saturated rings. The maximum atomic E-state index is 13.3. The maximum Gasteiger partial charge on any atom is 0.206 e. The Kier molecular flexibility index (Phi) is 6.53. The third-order valence-electron chi connectivity index (χ3n) is 7.87. The normalized spacial score (nSPS) is 15.7. The number of aryl methyl sites for hydroxylation is 1. The molecule has 0 saturated carbocycles. The molecule has 0 bridgehead atoms. The Labute approximate surface area is 234 Å². The molecule has 0 saturated heterocycles. The minimum absolute atomic E-state index is 0.0776. The van der Waals surface area contributed by atoms with Crippen molar-refractivity contribution < 1.29 is 10.0 Å². The van der Waals surface area contributed by atoms with E-state index < -0.39 is 5.41 Å². The van der Waals surface area contributed by atoms with E-state index in [2.05, 4.69) is 114 Å². The van der Waals surface area contributed by atoms with Gasteiger partial charge in [-0.3, -0.25) is 4.79 Å². The van der Waals surface area contributed by atoms with Crippen LogP contribution in [0.15, 0.2) is 138 Å². The molecule has 2 N–H and O–H groups in total. The van der Waals surface area contributed by atoms with Crippen LogP contribution in [0.5, 0.6) is 0 Å². The number of benzene rings is 4. The standard InChI is InChI=1S/C36H30N2O2/c1-24-16-18-29(19-17-24)37-30-20-21-32-31-15-9-10-26(35(39)25(2)38-40)22-33(31)36(34(32)23-30,27-11-5-3-6-12-27)28-13-7-4-8-14-28/h3-9,11-23,37,40H,10H2,1-2H3/b38-25+. The molecule has 2 aliphatic carbocycles. The van der Waals surface area contributed by atoms with E-state index in [-0.39, 0.29) is 11.5 Å². The van der Waals surface area contributed by atoms with E-state index in [9.17, 15) is 10.0 Å². The van der Waals surface area contributed by atoms with Gasteiger partial charge in [0.2, 0.25) is 5.78 Å². The zero-order chi connectivity index (χ0) is 27.7. The summed E-state index contributed by atoms with van der Waals surface area (Å²) in [4.78, 5) is 13.3.